The van der Waals surface area contributed by atoms with Crippen molar-refractivity contribution in [2.75, 3.05) is 19.6 Å². The fraction of sp³-hybridized carbons (Fsp3) is 0.794. The van der Waals surface area contributed by atoms with E-state index in [1.54, 1.807) is 58.5 Å². The summed E-state index contributed by atoms with van der Waals surface area (Å²) in [7, 11) is 0. The van der Waals surface area contributed by atoms with E-state index >= 15 is 0 Å². The molecule has 0 aliphatic carbocycles. The van der Waals surface area contributed by atoms with Crippen molar-refractivity contribution in [3.05, 3.63) is 18.2 Å². The number of carboxylic acids is 1. The van der Waals surface area contributed by atoms with Gasteiger partial charge in [0.1, 0.15) is 36.7 Å². The summed E-state index contributed by atoms with van der Waals surface area (Å²) in [6.07, 6.45) is 14.8. The number of ether oxygens (including phenoxy) is 2. The van der Waals surface area contributed by atoms with Crippen molar-refractivity contribution in [3.63, 3.8) is 0 Å². The van der Waals surface area contributed by atoms with E-state index in [0.717, 1.165) is 63.7 Å². The van der Waals surface area contributed by atoms with Gasteiger partial charge in [0.05, 0.1) is 0 Å². The van der Waals surface area contributed by atoms with E-state index in [-0.39, 0.29) is 31.6 Å². The van der Waals surface area contributed by atoms with E-state index in [2.05, 4.69) is 24.1 Å². The highest BCUT2D eigenvalue weighted by molar-refractivity contribution is 5.86. The third kappa shape index (κ3) is 19.2. The van der Waals surface area contributed by atoms with Crippen LogP contribution in [0.4, 0.5) is 0 Å². The summed E-state index contributed by atoms with van der Waals surface area (Å²) >= 11 is 0. The Morgan fingerprint density at radius 2 is 1.36 bits per heavy atom. The summed E-state index contributed by atoms with van der Waals surface area (Å²) in [5.41, 5.74) is -1.66. The monoisotopic (exact) mass is 636 g/mol. The first-order valence-electron chi connectivity index (χ1n) is 16.6. The Morgan fingerprint density at radius 3 is 1.84 bits per heavy atom. The Kier molecular flexibility index (Phi) is 17.4. The number of imidazole rings is 1. The SMILES string of the molecule is CCCC(C)(Cc1nccn1CC(=O)N(CC(=O)OC(C)(C)C)CC(=O)OC(C)(C)C)NCCCCCCCCCCC(=O)O. The number of carbonyl (C=O) groups is 4. The lowest BCUT2D eigenvalue weighted by Gasteiger charge is -2.31. The summed E-state index contributed by atoms with van der Waals surface area (Å²) in [4.78, 5) is 55.0. The molecule has 1 atom stereocenters. The largest absolute Gasteiger partial charge is 0.481 e. The maximum Gasteiger partial charge on any atom is 0.326 e. The normalized spacial score (nSPS) is 13.2. The van der Waals surface area contributed by atoms with Crippen LogP contribution in [0.2, 0.25) is 0 Å². The van der Waals surface area contributed by atoms with Crippen LogP contribution in [0.5, 0.6) is 0 Å². The molecule has 0 aliphatic rings. The first kappa shape index (κ1) is 40.1. The van der Waals surface area contributed by atoms with Gasteiger partial charge in [-0.05, 0) is 74.3 Å². The molecule has 0 saturated heterocycles. The third-order valence-corrected chi connectivity index (χ3v) is 7.16. The average Bonchev–Trinajstić information content (AvgIpc) is 3.30. The van der Waals surface area contributed by atoms with E-state index in [1.807, 2.05) is 0 Å². The zero-order valence-corrected chi connectivity index (χ0v) is 29.2. The first-order chi connectivity index (χ1) is 20.9. The molecule has 1 heterocycles. The highest BCUT2D eigenvalue weighted by Crippen LogP contribution is 2.20. The molecule has 45 heavy (non-hydrogen) atoms. The molecule has 0 aliphatic heterocycles. The Morgan fingerprint density at radius 1 is 0.844 bits per heavy atom. The maximum atomic E-state index is 13.5. The van der Waals surface area contributed by atoms with Gasteiger partial charge in [-0.3, -0.25) is 19.2 Å². The fourth-order valence-electron chi connectivity index (χ4n) is 5.18. The number of hydrogen-bond acceptors (Lipinski definition) is 8. The molecule has 0 fully saturated rings. The van der Waals surface area contributed by atoms with Gasteiger partial charge in [0.2, 0.25) is 5.91 Å². The van der Waals surface area contributed by atoms with Crippen molar-refractivity contribution >= 4 is 23.8 Å². The Hall–Kier alpha value is -2.95. The van der Waals surface area contributed by atoms with E-state index in [4.69, 9.17) is 14.6 Å². The number of esters is 2. The number of unbranched alkanes of at least 4 members (excludes halogenated alkanes) is 7. The minimum Gasteiger partial charge on any atom is -0.481 e. The molecule has 0 bridgehead atoms. The molecule has 1 unspecified atom stereocenters. The Labute approximate surface area is 270 Å². The average molecular weight is 637 g/mol. The molecule has 1 aromatic rings. The summed E-state index contributed by atoms with van der Waals surface area (Å²) in [6, 6.07) is 0. The second-order valence-electron chi connectivity index (χ2n) is 14.3. The van der Waals surface area contributed by atoms with Gasteiger partial charge in [-0.2, -0.15) is 0 Å². The minimum absolute atomic E-state index is 0.0700. The van der Waals surface area contributed by atoms with Gasteiger partial charge in [0.15, 0.2) is 0 Å². The van der Waals surface area contributed by atoms with Crippen molar-refractivity contribution in [1.82, 2.24) is 19.8 Å². The maximum absolute atomic E-state index is 13.5. The minimum atomic E-state index is -0.726. The van der Waals surface area contributed by atoms with Crippen LogP contribution in [-0.4, -0.2) is 79.7 Å². The van der Waals surface area contributed by atoms with E-state index in [9.17, 15) is 19.2 Å². The molecule has 1 aromatic heterocycles. The van der Waals surface area contributed by atoms with Crippen LogP contribution in [0.1, 0.15) is 132 Å². The zero-order chi connectivity index (χ0) is 34.1. The zero-order valence-electron chi connectivity index (χ0n) is 29.2. The van der Waals surface area contributed by atoms with Crippen LogP contribution in [0.25, 0.3) is 0 Å². The second kappa shape index (κ2) is 19.5. The van der Waals surface area contributed by atoms with Gasteiger partial charge in [-0.15, -0.1) is 0 Å². The van der Waals surface area contributed by atoms with Crippen LogP contribution in [-0.2, 0) is 41.6 Å². The molecule has 11 heteroatoms. The standard InChI is InChI=1S/C34H60N4O7/c1-9-19-34(8,36-20-17-15-13-11-10-12-14-16-18-29(40)41)23-27-35-21-22-37(27)24-28(39)38(25-30(42)44-32(2,3)4)26-31(43)45-33(5,6)7/h21-22,36H,9-20,23-26H2,1-8H3,(H,40,41). The number of hydrogen-bond donors (Lipinski definition) is 2. The molecule has 2 N–H and O–H groups in total. The van der Waals surface area contributed by atoms with Crippen molar-refractivity contribution in [1.29, 1.82) is 0 Å². The van der Waals surface area contributed by atoms with Crippen LogP contribution in [0, 0.1) is 0 Å². The van der Waals surface area contributed by atoms with E-state index < -0.39 is 35.0 Å². The molecule has 1 rings (SSSR count). The highest BCUT2D eigenvalue weighted by Gasteiger charge is 2.29. The number of nitrogens with one attached hydrogen (secondary N) is 1. The van der Waals surface area contributed by atoms with Gasteiger partial charge in [0, 0.05) is 30.8 Å². The number of rotatable bonds is 22. The fourth-order valence-corrected chi connectivity index (χ4v) is 5.18. The predicted octanol–water partition coefficient (Wildman–Crippen LogP) is 5.68. The summed E-state index contributed by atoms with van der Waals surface area (Å²) in [5.74, 6) is -1.56. The Bertz CT molecular complexity index is 1030. The van der Waals surface area contributed by atoms with Crippen LogP contribution < -0.4 is 5.32 Å². The molecule has 11 nitrogen and oxygen atoms in total. The summed E-state index contributed by atoms with van der Waals surface area (Å²) in [5, 5.41) is 12.5. The molecule has 258 valence electrons. The first-order valence-corrected chi connectivity index (χ1v) is 16.6. The molecular formula is C34H60N4O7. The molecular weight excluding hydrogens is 576 g/mol. The van der Waals surface area contributed by atoms with Crippen LogP contribution >= 0.6 is 0 Å². The number of carboxylic acid groups (broad SMARTS) is 1. The van der Waals surface area contributed by atoms with Gasteiger partial charge >= 0.3 is 17.9 Å². The number of amides is 1. The lowest BCUT2D eigenvalue weighted by atomic mass is 9.91. The van der Waals surface area contributed by atoms with Crippen LogP contribution in [0.3, 0.4) is 0 Å². The van der Waals surface area contributed by atoms with Crippen molar-refractivity contribution < 1.29 is 33.8 Å². The third-order valence-electron chi connectivity index (χ3n) is 7.16. The summed E-state index contributed by atoms with van der Waals surface area (Å²) < 4.78 is 12.6. The Balaban J connectivity index is 2.76. The number of aliphatic carboxylic acids is 1. The van der Waals surface area contributed by atoms with Crippen molar-refractivity contribution in [2.45, 2.75) is 156 Å². The van der Waals surface area contributed by atoms with Gasteiger partial charge < -0.3 is 29.4 Å². The number of carbonyl (C=O) groups excluding carboxylic acids is 3. The van der Waals surface area contributed by atoms with Crippen LogP contribution in [0.15, 0.2) is 12.4 Å². The molecule has 0 radical (unpaired) electrons. The van der Waals surface area contributed by atoms with Crippen molar-refractivity contribution in [2.24, 2.45) is 0 Å². The second-order valence-corrected chi connectivity index (χ2v) is 14.3. The van der Waals surface area contributed by atoms with E-state index in [1.165, 1.54) is 17.7 Å². The van der Waals surface area contributed by atoms with Gasteiger partial charge in [-0.25, -0.2) is 4.98 Å². The van der Waals surface area contributed by atoms with Crippen molar-refractivity contribution in [3.8, 4) is 0 Å². The topological polar surface area (TPSA) is 140 Å². The molecule has 0 saturated carbocycles. The molecule has 1 amide bonds. The highest BCUT2D eigenvalue weighted by atomic mass is 16.6. The number of nitrogens with zero attached hydrogens (tertiary/aromatic N) is 3. The smallest absolute Gasteiger partial charge is 0.326 e. The van der Waals surface area contributed by atoms with Gasteiger partial charge in [0.25, 0.3) is 0 Å². The van der Waals surface area contributed by atoms with Gasteiger partial charge in [-0.1, -0.05) is 51.9 Å². The quantitative estimate of drug-likeness (QED) is 0.121. The molecule has 0 spiro atoms. The predicted molar refractivity (Wildman–Crippen MR) is 175 cm³/mol. The van der Waals surface area contributed by atoms with E-state index in [0.29, 0.717) is 6.42 Å². The lowest BCUT2D eigenvalue weighted by molar-refractivity contribution is -0.164. The number of aromatic nitrogens is 2. The summed E-state index contributed by atoms with van der Waals surface area (Å²) in [6.45, 7) is 14.9. The lowest BCUT2D eigenvalue weighted by Crippen LogP contribution is -2.46. The molecule has 0 aromatic carbocycles.